The number of amides is 1. The molecule has 5 nitrogen and oxygen atoms in total. The van der Waals surface area contributed by atoms with E-state index in [2.05, 4.69) is 0 Å². The fourth-order valence-corrected chi connectivity index (χ4v) is 5.86. The van der Waals surface area contributed by atoms with Gasteiger partial charge in [0, 0.05) is 25.2 Å². The Kier molecular flexibility index (Phi) is 5.67. The van der Waals surface area contributed by atoms with E-state index >= 15 is 0 Å². The summed E-state index contributed by atoms with van der Waals surface area (Å²) in [6.07, 6.45) is 0.983. The van der Waals surface area contributed by atoms with Crippen molar-refractivity contribution in [2.45, 2.75) is 37.1 Å². The quantitative estimate of drug-likeness (QED) is 0.499. The van der Waals surface area contributed by atoms with Crippen LogP contribution in [0, 0.1) is 13.8 Å². The number of Topliss-reactive ketones (excluding diaryl/α,β-unsaturated/α-hetero) is 1. The van der Waals surface area contributed by atoms with Crippen LogP contribution in [0.15, 0.2) is 36.4 Å². The lowest BCUT2D eigenvalue weighted by Crippen LogP contribution is -2.55. The third-order valence-electron chi connectivity index (χ3n) is 6.96. The van der Waals surface area contributed by atoms with Crippen LogP contribution in [-0.2, 0) is 19.3 Å². The van der Waals surface area contributed by atoms with Gasteiger partial charge in [-0.15, -0.1) is 0 Å². The molecule has 2 aromatic carbocycles. The number of benzene rings is 2. The SMILES string of the molecule is CON1CCC2(CC1)C(=O)C(Cl)(c1c(C)ccc(-c3ccc(Cl)cc3)c1C)C(=O)N2C. The highest BCUT2D eigenvalue weighted by Crippen LogP contribution is 2.50. The van der Waals surface area contributed by atoms with Crippen LogP contribution in [0.2, 0.25) is 5.02 Å². The Morgan fingerprint density at radius 3 is 2.19 bits per heavy atom. The summed E-state index contributed by atoms with van der Waals surface area (Å²) in [5.74, 6) is -0.589. The zero-order chi connectivity index (χ0) is 22.6. The monoisotopic (exact) mass is 460 g/mol. The molecule has 0 saturated carbocycles. The number of hydrogen-bond donors (Lipinski definition) is 0. The van der Waals surface area contributed by atoms with Crippen molar-refractivity contribution in [2.75, 3.05) is 27.2 Å². The second kappa shape index (κ2) is 7.89. The van der Waals surface area contributed by atoms with E-state index in [-0.39, 0.29) is 11.7 Å². The van der Waals surface area contributed by atoms with Crippen molar-refractivity contribution in [1.82, 2.24) is 9.96 Å². The molecule has 2 aliphatic rings. The molecule has 1 atom stereocenters. The van der Waals surface area contributed by atoms with E-state index in [1.807, 2.05) is 55.3 Å². The second-order valence-electron chi connectivity index (χ2n) is 8.43. The molecule has 164 valence electrons. The zero-order valence-corrected chi connectivity index (χ0v) is 19.7. The van der Waals surface area contributed by atoms with Gasteiger partial charge in [-0.2, -0.15) is 5.06 Å². The van der Waals surface area contributed by atoms with E-state index in [0.29, 0.717) is 36.5 Å². The highest BCUT2D eigenvalue weighted by molar-refractivity contribution is 6.49. The number of halogens is 2. The third kappa shape index (κ3) is 3.21. The number of carbonyl (C=O) groups excluding carboxylic acids is 2. The number of likely N-dealkylation sites (N-methyl/N-ethyl adjacent to an activating group) is 1. The molecule has 31 heavy (non-hydrogen) atoms. The second-order valence-corrected chi connectivity index (χ2v) is 9.44. The predicted octanol–water partition coefficient (Wildman–Crippen LogP) is 4.50. The molecule has 0 aliphatic carbocycles. The molecule has 0 aromatic heterocycles. The predicted molar refractivity (Wildman–Crippen MR) is 122 cm³/mol. The van der Waals surface area contributed by atoms with Crippen molar-refractivity contribution in [1.29, 1.82) is 0 Å². The van der Waals surface area contributed by atoms with Gasteiger partial charge in [0.15, 0.2) is 5.78 Å². The number of rotatable bonds is 3. The van der Waals surface area contributed by atoms with Gasteiger partial charge in [0.05, 0.1) is 7.11 Å². The van der Waals surface area contributed by atoms with Crippen LogP contribution >= 0.6 is 23.2 Å². The smallest absolute Gasteiger partial charge is 0.256 e. The lowest BCUT2D eigenvalue weighted by Gasteiger charge is -2.41. The summed E-state index contributed by atoms with van der Waals surface area (Å²) in [5, 5.41) is 2.46. The van der Waals surface area contributed by atoms with Crippen LogP contribution in [0.5, 0.6) is 0 Å². The molecule has 2 saturated heterocycles. The molecule has 0 bridgehead atoms. The van der Waals surface area contributed by atoms with Crippen LogP contribution in [0.1, 0.15) is 29.5 Å². The molecule has 4 rings (SSSR count). The number of ketones is 1. The molecule has 0 radical (unpaired) electrons. The van der Waals surface area contributed by atoms with E-state index in [4.69, 9.17) is 28.0 Å². The topological polar surface area (TPSA) is 49.9 Å². The van der Waals surface area contributed by atoms with E-state index in [1.165, 1.54) is 0 Å². The summed E-state index contributed by atoms with van der Waals surface area (Å²) < 4.78 is 0. The van der Waals surface area contributed by atoms with Crippen LogP contribution in [0.3, 0.4) is 0 Å². The minimum absolute atomic E-state index is 0.232. The summed E-state index contributed by atoms with van der Waals surface area (Å²) in [7, 11) is 3.31. The lowest BCUT2D eigenvalue weighted by molar-refractivity contribution is -0.165. The molecule has 1 amide bonds. The van der Waals surface area contributed by atoms with Crippen molar-refractivity contribution in [3.8, 4) is 11.1 Å². The molecular weight excluding hydrogens is 435 g/mol. The molecule has 2 aromatic rings. The number of aryl methyl sites for hydroxylation is 1. The number of hydrogen-bond acceptors (Lipinski definition) is 4. The van der Waals surface area contributed by atoms with Gasteiger partial charge >= 0.3 is 0 Å². The summed E-state index contributed by atoms with van der Waals surface area (Å²) >= 11 is 13.1. The van der Waals surface area contributed by atoms with Gasteiger partial charge in [-0.05, 0) is 66.6 Å². The molecule has 2 fully saturated rings. The Labute approximate surface area is 192 Å². The maximum atomic E-state index is 13.9. The van der Waals surface area contributed by atoms with Gasteiger partial charge in [-0.25, -0.2) is 0 Å². The number of nitrogens with zero attached hydrogens (tertiary/aromatic N) is 2. The van der Waals surface area contributed by atoms with Crippen LogP contribution < -0.4 is 0 Å². The number of carbonyl (C=O) groups is 2. The molecule has 7 heteroatoms. The molecule has 1 spiro atoms. The Bertz CT molecular complexity index is 1050. The summed E-state index contributed by atoms with van der Waals surface area (Å²) in [5.41, 5.74) is 3.22. The first-order valence-electron chi connectivity index (χ1n) is 10.3. The molecule has 2 aliphatic heterocycles. The third-order valence-corrected chi connectivity index (χ3v) is 7.73. The van der Waals surface area contributed by atoms with Gasteiger partial charge in [0.1, 0.15) is 5.54 Å². The summed E-state index contributed by atoms with van der Waals surface area (Å²) in [4.78, 5) is 32.7. The van der Waals surface area contributed by atoms with E-state index < -0.39 is 10.4 Å². The van der Waals surface area contributed by atoms with Crippen LogP contribution in [-0.4, -0.2) is 54.4 Å². The lowest BCUT2D eigenvalue weighted by atomic mass is 9.77. The van der Waals surface area contributed by atoms with Crippen LogP contribution in [0.4, 0.5) is 0 Å². The Balaban J connectivity index is 1.84. The first kappa shape index (κ1) is 22.3. The maximum absolute atomic E-state index is 13.9. The molecule has 1 unspecified atom stereocenters. The number of alkyl halides is 1. The number of hydroxylamine groups is 2. The molecular formula is C24H26Cl2N2O3. The van der Waals surface area contributed by atoms with Crippen molar-refractivity contribution in [3.05, 3.63) is 58.1 Å². The van der Waals surface area contributed by atoms with Crippen molar-refractivity contribution in [3.63, 3.8) is 0 Å². The normalized spacial score (nSPS) is 23.7. The van der Waals surface area contributed by atoms with E-state index in [0.717, 1.165) is 22.3 Å². The number of likely N-dealkylation sites (tertiary alicyclic amines) is 1. The van der Waals surface area contributed by atoms with Crippen LogP contribution in [0.25, 0.3) is 11.1 Å². The standard InChI is InChI=1S/C24H26Cl2N2O3/c1-15-5-10-19(17-6-8-18(25)9-7-17)16(2)20(15)24(26)21(29)23(27(3)22(24)30)11-13-28(31-4)14-12-23/h5-10H,11-14H2,1-4H3. The van der Waals surface area contributed by atoms with Crippen molar-refractivity contribution in [2.24, 2.45) is 0 Å². The summed E-state index contributed by atoms with van der Waals surface area (Å²) in [6.45, 7) is 4.96. The Morgan fingerprint density at radius 1 is 1.00 bits per heavy atom. The maximum Gasteiger partial charge on any atom is 0.256 e. The van der Waals surface area contributed by atoms with E-state index in [9.17, 15) is 9.59 Å². The minimum Gasteiger partial charge on any atom is -0.331 e. The highest BCUT2D eigenvalue weighted by Gasteiger charge is 2.66. The first-order chi connectivity index (χ1) is 14.7. The van der Waals surface area contributed by atoms with Gasteiger partial charge in [-0.3, -0.25) is 9.59 Å². The average Bonchev–Trinajstić information content (AvgIpc) is 2.90. The van der Waals surface area contributed by atoms with Crippen molar-refractivity contribution < 1.29 is 14.4 Å². The highest BCUT2D eigenvalue weighted by atomic mass is 35.5. The fourth-order valence-electron chi connectivity index (χ4n) is 5.14. The van der Waals surface area contributed by atoms with Gasteiger partial charge in [0.2, 0.25) is 4.87 Å². The minimum atomic E-state index is -1.74. The summed E-state index contributed by atoms with van der Waals surface area (Å²) in [6, 6.07) is 11.4. The van der Waals surface area contributed by atoms with Gasteiger partial charge < -0.3 is 9.74 Å². The fraction of sp³-hybridized carbons (Fsp3) is 0.417. The van der Waals surface area contributed by atoms with Gasteiger partial charge in [0.25, 0.3) is 5.91 Å². The first-order valence-corrected chi connectivity index (χ1v) is 11.1. The Hall–Kier alpha value is -1.92. The average molecular weight is 461 g/mol. The van der Waals surface area contributed by atoms with E-state index in [1.54, 1.807) is 19.1 Å². The number of piperidine rings is 1. The van der Waals surface area contributed by atoms with Gasteiger partial charge in [-0.1, -0.05) is 47.5 Å². The molecule has 0 N–H and O–H groups in total. The van der Waals surface area contributed by atoms with Crippen molar-refractivity contribution >= 4 is 34.9 Å². The zero-order valence-electron chi connectivity index (χ0n) is 18.2. The Morgan fingerprint density at radius 2 is 1.61 bits per heavy atom. The largest absolute Gasteiger partial charge is 0.331 e. The molecule has 2 heterocycles.